The van der Waals surface area contributed by atoms with E-state index < -0.39 is 0 Å². The number of ether oxygens (including phenoxy) is 1. The number of epoxide rings is 1. The second kappa shape index (κ2) is 1.70. The Morgan fingerprint density at radius 3 is 2.50 bits per heavy atom. The normalized spacial score (nSPS) is 34.6. The van der Waals surface area contributed by atoms with Gasteiger partial charge in [-0.05, 0) is 6.92 Å². The van der Waals surface area contributed by atoms with Gasteiger partial charge in [0.25, 0.3) is 0 Å². The smallest absolute Gasteiger partial charge is 0.232 e. The van der Waals surface area contributed by atoms with Crippen LogP contribution in [-0.4, -0.2) is 23.7 Å². The number of nitro groups is 1. The topological polar surface area (TPSA) is 55.7 Å². The average Bonchev–Trinajstić information content (AvgIpc) is 2.17. The van der Waals surface area contributed by atoms with Crippen LogP contribution in [0.4, 0.5) is 0 Å². The molecule has 0 N–H and O–H groups in total. The van der Waals surface area contributed by atoms with E-state index >= 15 is 0 Å². The van der Waals surface area contributed by atoms with Crippen LogP contribution in [0.15, 0.2) is 0 Å². The minimum Gasteiger partial charge on any atom is -0.363 e. The summed E-state index contributed by atoms with van der Waals surface area (Å²) in [5, 5.41) is 9.72. The molecular weight excluding hydrogens is 110 g/mol. The standard InChI is InChI=1S/C4H7NO3/c1-3-4(8-3)2-5(6)7/h3-4H,2H2,1H3. The molecule has 1 fully saturated rings. The van der Waals surface area contributed by atoms with Crippen LogP contribution in [-0.2, 0) is 4.74 Å². The third kappa shape index (κ3) is 1.16. The summed E-state index contributed by atoms with van der Waals surface area (Å²) in [6.45, 7) is 1.79. The van der Waals surface area contributed by atoms with E-state index in [0.29, 0.717) is 0 Å². The molecule has 0 radical (unpaired) electrons. The van der Waals surface area contributed by atoms with Gasteiger partial charge < -0.3 is 4.74 Å². The molecule has 1 aliphatic rings. The van der Waals surface area contributed by atoms with Gasteiger partial charge in [0.05, 0.1) is 6.10 Å². The van der Waals surface area contributed by atoms with Crippen molar-refractivity contribution >= 4 is 0 Å². The molecule has 0 saturated carbocycles. The molecule has 46 valence electrons. The monoisotopic (exact) mass is 117 g/mol. The number of hydrogen-bond donors (Lipinski definition) is 0. The van der Waals surface area contributed by atoms with Gasteiger partial charge in [-0.25, -0.2) is 0 Å². The van der Waals surface area contributed by atoms with Crippen molar-refractivity contribution < 1.29 is 9.66 Å². The SMILES string of the molecule is CC1OC1C[N+](=O)[O-]. The van der Waals surface area contributed by atoms with Crippen LogP contribution in [0.2, 0.25) is 0 Å². The van der Waals surface area contributed by atoms with Crippen molar-refractivity contribution in [3.8, 4) is 0 Å². The van der Waals surface area contributed by atoms with Crippen molar-refractivity contribution in [3.63, 3.8) is 0 Å². The summed E-state index contributed by atoms with van der Waals surface area (Å²) in [6, 6.07) is 0. The maximum Gasteiger partial charge on any atom is 0.232 e. The van der Waals surface area contributed by atoms with Crippen LogP contribution in [0.1, 0.15) is 6.92 Å². The van der Waals surface area contributed by atoms with E-state index in [1.165, 1.54) is 0 Å². The zero-order valence-corrected chi connectivity index (χ0v) is 4.53. The average molecular weight is 117 g/mol. The number of nitrogens with zero attached hydrogens (tertiary/aromatic N) is 1. The lowest BCUT2D eigenvalue weighted by Gasteiger charge is -1.81. The van der Waals surface area contributed by atoms with Crippen LogP contribution < -0.4 is 0 Å². The van der Waals surface area contributed by atoms with E-state index in [4.69, 9.17) is 4.74 Å². The van der Waals surface area contributed by atoms with E-state index in [0.717, 1.165) is 0 Å². The van der Waals surface area contributed by atoms with E-state index in [-0.39, 0.29) is 23.7 Å². The highest BCUT2D eigenvalue weighted by atomic mass is 16.6. The molecule has 0 bridgehead atoms. The van der Waals surface area contributed by atoms with Gasteiger partial charge in [-0.3, -0.25) is 10.1 Å². The maximum atomic E-state index is 9.72. The molecular formula is C4H7NO3. The van der Waals surface area contributed by atoms with Gasteiger partial charge >= 0.3 is 0 Å². The third-order valence-corrected chi connectivity index (χ3v) is 1.17. The molecule has 1 aliphatic heterocycles. The Kier molecular flexibility index (Phi) is 1.17. The Morgan fingerprint density at radius 1 is 1.88 bits per heavy atom. The van der Waals surface area contributed by atoms with Gasteiger partial charge in [-0.2, -0.15) is 0 Å². The van der Waals surface area contributed by atoms with Crippen molar-refractivity contribution in [2.75, 3.05) is 6.54 Å². The summed E-state index contributed by atoms with van der Waals surface area (Å²) < 4.78 is 4.79. The van der Waals surface area contributed by atoms with Crippen molar-refractivity contribution in [1.29, 1.82) is 0 Å². The lowest BCUT2D eigenvalue weighted by atomic mass is 10.3. The first-order chi connectivity index (χ1) is 3.70. The van der Waals surface area contributed by atoms with E-state index in [1.54, 1.807) is 0 Å². The van der Waals surface area contributed by atoms with Crippen molar-refractivity contribution in [2.45, 2.75) is 19.1 Å². The fourth-order valence-electron chi connectivity index (χ4n) is 0.569. The Hall–Kier alpha value is -0.640. The lowest BCUT2D eigenvalue weighted by molar-refractivity contribution is -0.481. The van der Waals surface area contributed by atoms with Crippen LogP contribution in [0, 0.1) is 10.1 Å². The molecule has 0 spiro atoms. The molecule has 0 aromatic heterocycles. The molecule has 1 saturated heterocycles. The molecule has 4 heteroatoms. The Balaban J connectivity index is 2.14. The highest BCUT2D eigenvalue weighted by molar-refractivity contribution is 4.78. The molecule has 1 rings (SSSR count). The molecule has 0 aromatic carbocycles. The Bertz CT molecular complexity index is 114. The van der Waals surface area contributed by atoms with Gasteiger partial charge in [0.2, 0.25) is 6.54 Å². The first-order valence-corrected chi connectivity index (χ1v) is 2.47. The van der Waals surface area contributed by atoms with Gasteiger partial charge in [0.15, 0.2) is 0 Å². The molecule has 1 heterocycles. The predicted molar refractivity (Wildman–Crippen MR) is 26.2 cm³/mol. The molecule has 0 amide bonds. The minimum atomic E-state index is -0.353. The molecule has 0 aliphatic carbocycles. The largest absolute Gasteiger partial charge is 0.363 e. The van der Waals surface area contributed by atoms with Crippen molar-refractivity contribution in [2.24, 2.45) is 0 Å². The summed E-state index contributed by atoms with van der Waals surface area (Å²) >= 11 is 0. The Labute approximate surface area is 46.6 Å². The number of rotatable bonds is 2. The predicted octanol–water partition coefficient (Wildman–Crippen LogP) is 0.0504. The summed E-state index contributed by atoms with van der Waals surface area (Å²) in [7, 11) is 0. The second-order valence-corrected chi connectivity index (χ2v) is 1.89. The third-order valence-electron chi connectivity index (χ3n) is 1.17. The van der Waals surface area contributed by atoms with E-state index in [1.807, 2.05) is 6.92 Å². The van der Waals surface area contributed by atoms with Crippen molar-refractivity contribution in [3.05, 3.63) is 10.1 Å². The first kappa shape index (κ1) is 5.50. The fourth-order valence-corrected chi connectivity index (χ4v) is 0.569. The summed E-state index contributed by atoms with van der Waals surface area (Å²) in [5.41, 5.74) is 0. The van der Waals surface area contributed by atoms with Crippen LogP contribution >= 0.6 is 0 Å². The summed E-state index contributed by atoms with van der Waals surface area (Å²) in [4.78, 5) is 9.37. The summed E-state index contributed by atoms with van der Waals surface area (Å²) in [6.07, 6.45) is 0.00500. The van der Waals surface area contributed by atoms with Crippen molar-refractivity contribution in [1.82, 2.24) is 0 Å². The number of hydrogen-bond acceptors (Lipinski definition) is 3. The maximum absolute atomic E-state index is 9.72. The first-order valence-electron chi connectivity index (χ1n) is 2.47. The van der Waals surface area contributed by atoms with Crippen LogP contribution in [0.5, 0.6) is 0 Å². The van der Waals surface area contributed by atoms with Crippen LogP contribution in [0.25, 0.3) is 0 Å². The molecule has 8 heavy (non-hydrogen) atoms. The highest BCUT2D eigenvalue weighted by Gasteiger charge is 2.38. The van der Waals surface area contributed by atoms with Gasteiger partial charge in [0, 0.05) is 4.92 Å². The zero-order chi connectivity index (χ0) is 6.15. The summed E-state index contributed by atoms with van der Waals surface area (Å²) in [5.74, 6) is 0. The Morgan fingerprint density at radius 2 is 2.38 bits per heavy atom. The molecule has 0 aromatic rings. The molecule has 4 nitrogen and oxygen atoms in total. The highest BCUT2D eigenvalue weighted by Crippen LogP contribution is 2.20. The van der Waals surface area contributed by atoms with Gasteiger partial charge in [-0.1, -0.05) is 0 Å². The van der Waals surface area contributed by atoms with E-state index in [9.17, 15) is 10.1 Å². The minimum absolute atomic E-state index is 0.0405. The molecule has 2 unspecified atom stereocenters. The van der Waals surface area contributed by atoms with Gasteiger partial charge in [-0.15, -0.1) is 0 Å². The van der Waals surface area contributed by atoms with E-state index in [2.05, 4.69) is 0 Å². The molecule has 2 atom stereocenters. The zero-order valence-electron chi connectivity index (χ0n) is 4.53. The van der Waals surface area contributed by atoms with Gasteiger partial charge in [0.1, 0.15) is 6.10 Å². The van der Waals surface area contributed by atoms with Crippen LogP contribution in [0.3, 0.4) is 0 Å². The lowest BCUT2D eigenvalue weighted by Crippen LogP contribution is -2.08. The second-order valence-electron chi connectivity index (χ2n) is 1.89. The quantitative estimate of drug-likeness (QED) is 0.291. The fraction of sp³-hybridized carbons (Fsp3) is 1.00.